The predicted octanol–water partition coefficient (Wildman–Crippen LogP) is 5.92. The van der Waals surface area contributed by atoms with Gasteiger partial charge in [0.05, 0.1) is 17.9 Å². The molecule has 0 bridgehead atoms. The first-order chi connectivity index (χ1) is 16.1. The molecular weight excluding hydrogens is 436 g/mol. The van der Waals surface area contributed by atoms with Gasteiger partial charge in [-0.3, -0.25) is 4.79 Å². The van der Waals surface area contributed by atoms with Crippen molar-refractivity contribution in [2.24, 2.45) is 0 Å². The highest BCUT2D eigenvalue weighted by Crippen LogP contribution is 2.35. The smallest absolute Gasteiger partial charge is 0.338 e. The molecule has 1 aromatic heterocycles. The van der Waals surface area contributed by atoms with Crippen molar-refractivity contribution in [3.63, 3.8) is 0 Å². The van der Waals surface area contributed by atoms with Gasteiger partial charge in [-0.1, -0.05) is 72.4 Å². The van der Waals surface area contributed by atoms with Gasteiger partial charge in [0, 0.05) is 16.8 Å². The molecule has 3 aromatic carbocycles. The highest BCUT2D eigenvalue weighted by Gasteiger charge is 2.18. The van der Waals surface area contributed by atoms with E-state index in [1.807, 2.05) is 60.7 Å². The van der Waals surface area contributed by atoms with E-state index >= 15 is 0 Å². The van der Waals surface area contributed by atoms with Crippen LogP contribution in [0.5, 0.6) is 0 Å². The molecule has 4 rings (SSSR count). The van der Waals surface area contributed by atoms with Crippen LogP contribution in [0.2, 0.25) is 0 Å². The lowest BCUT2D eigenvalue weighted by molar-refractivity contribution is -0.113. The van der Waals surface area contributed by atoms with Gasteiger partial charge in [0.25, 0.3) is 5.22 Å². The van der Waals surface area contributed by atoms with Crippen LogP contribution in [0.15, 0.2) is 94.6 Å². The lowest BCUT2D eigenvalue weighted by atomic mass is 10.1. The second-order valence-electron chi connectivity index (χ2n) is 7.02. The minimum Gasteiger partial charge on any atom is -0.462 e. The van der Waals surface area contributed by atoms with Gasteiger partial charge in [0.1, 0.15) is 5.69 Å². The number of oxazole rings is 1. The van der Waals surface area contributed by atoms with Crippen LogP contribution in [0.4, 0.5) is 5.69 Å². The lowest BCUT2D eigenvalue weighted by Gasteiger charge is -2.05. The Balaban J connectivity index is 1.44. The topological polar surface area (TPSA) is 81.4 Å². The normalized spacial score (nSPS) is 10.6. The van der Waals surface area contributed by atoms with Crippen LogP contribution in [0, 0.1) is 0 Å². The van der Waals surface area contributed by atoms with Gasteiger partial charge in [-0.15, -0.1) is 0 Å². The average molecular weight is 459 g/mol. The quantitative estimate of drug-likeness (QED) is 0.261. The lowest BCUT2D eigenvalue weighted by Crippen LogP contribution is -2.14. The van der Waals surface area contributed by atoms with E-state index in [-0.39, 0.29) is 11.7 Å². The van der Waals surface area contributed by atoms with Crippen molar-refractivity contribution in [1.82, 2.24) is 4.98 Å². The standard InChI is InChI=1S/C26H22N2O4S/c1-2-31-25(30)20-13-15-21(16-14-20)27-22(29)17-33-26-28-23(18-9-5-3-6-10-18)24(32-26)19-11-7-4-8-12-19/h3-16H,2,17H2,1H3,(H,27,29). The molecule has 1 N–H and O–H groups in total. The number of aromatic nitrogens is 1. The van der Waals surface area contributed by atoms with Crippen LogP contribution in [-0.4, -0.2) is 29.2 Å². The fraction of sp³-hybridized carbons (Fsp3) is 0.115. The monoisotopic (exact) mass is 458 g/mol. The number of nitrogens with one attached hydrogen (secondary N) is 1. The molecule has 0 radical (unpaired) electrons. The summed E-state index contributed by atoms with van der Waals surface area (Å²) in [5, 5.41) is 3.23. The molecule has 166 valence electrons. The van der Waals surface area contributed by atoms with E-state index < -0.39 is 5.97 Å². The molecule has 0 saturated carbocycles. The van der Waals surface area contributed by atoms with Gasteiger partial charge in [-0.05, 0) is 31.2 Å². The third-order valence-corrected chi connectivity index (χ3v) is 5.53. The summed E-state index contributed by atoms with van der Waals surface area (Å²) in [5.74, 6) is 0.199. The van der Waals surface area contributed by atoms with Crippen molar-refractivity contribution in [3.05, 3.63) is 90.5 Å². The van der Waals surface area contributed by atoms with Gasteiger partial charge >= 0.3 is 5.97 Å². The van der Waals surface area contributed by atoms with Crippen molar-refractivity contribution in [3.8, 4) is 22.6 Å². The Morgan fingerprint density at radius 1 is 0.909 bits per heavy atom. The van der Waals surface area contributed by atoms with Crippen LogP contribution < -0.4 is 5.32 Å². The van der Waals surface area contributed by atoms with Crippen LogP contribution in [0.3, 0.4) is 0 Å². The molecule has 6 nitrogen and oxygen atoms in total. The molecule has 0 atom stereocenters. The van der Waals surface area contributed by atoms with E-state index in [0.29, 0.717) is 28.8 Å². The molecular formula is C26H22N2O4S. The maximum absolute atomic E-state index is 12.4. The van der Waals surface area contributed by atoms with E-state index in [1.54, 1.807) is 31.2 Å². The molecule has 4 aromatic rings. The van der Waals surface area contributed by atoms with Crippen molar-refractivity contribution >= 4 is 29.3 Å². The second-order valence-corrected chi connectivity index (χ2v) is 7.95. The first-order valence-electron chi connectivity index (χ1n) is 10.5. The zero-order chi connectivity index (χ0) is 23.0. The van der Waals surface area contributed by atoms with Crippen LogP contribution >= 0.6 is 11.8 Å². The molecule has 0 spiro atoms. The van der Waals surface area contributed by atoms with E-state index in [4.69, 9.17) is 9.15 Å². The number of hydrogen-bond acceptors (Lipinski definition) is 6. The Kier molecular flexibility index (Phi) is 7.22. The number of carbonyl (C=O) groups is 2. The van der Waals surface area contributed by atoms with Crippen molar-refractivity contribution in [1.29, 1.82) is 0 Å². The molecule has 0 saturated heterocycles. The van der Waals surface area contributed by atoms with Crippen LogP contribution in [0.25, 0.3) is 22.6 Å². The Labute approximate surface area is 196 Å². The Morgan fingerprint density at radius 2 is 1.55 bits per heavy atom. The molecule has 0 unspecified atom stereocenters. The Bertz CT molecular complexity index is 1170. The number of hydrogen-bond donors (Lipinski definition) is 1. The van der Waals surface area contributed by atoms with Gasteiger partial charge in [0.15, 0.2) is 5.76 Å². The molecule has 0 aliphatic heterocycles. The van der Waals surface area contributed by atoms with Crippen LogP contribution in [0.1, 0.15) is 17.3 Å². The zero-order valence-corrected chi connectivity index (χ0v) is 18.8. The number of thioether (sulfide) groups is 1. The largest absolute Gasteiger partial charge is 0.462 e. The van der Waals surface area contributed by atoms with E-state index in [2.05, 4.69) is 10.3 Å². The number of anilines is 1. The van der Waals surface area contributed by atoms with E-state index in [9.17, 15) is 9.59 Å². The van der Waals surface area contributed by atoms with E-state index in [1.165, 1.54) is 11.8 Å². The maximum atomic E-state index is 12.4. The molecule has 0 aliphatic rings. The SMILES string of the molecule is CCOC(=O)c1ccc(NC(=O)CSc2nc(-c3ccccc3)c(-c3ccccc3)o2)cc1. The van der Waals surface area contributed by atoms with Gasteiger partial charge in [-0.2, -0.15) is 0 Å². The minimum atomic E-state index is -0.390. The summed E-state index contributed by atoms with van der Waals surface area (Å²) >= 11 is 1.22. The minimum absolute atomic E-state index is 0.128. The summed E-state index contributed by atoms with van der Waals surface area (Å²) in [7, 11) is 0. The fourth-order valence-corrected chi connectivity index (χ4v) is 3.79. The van der Waals surface area contributed by atoms with Gasteiger partial charge in [0.2, 0.25) is 5.91 Å². The number of ether oxygens (including phenoxy) is 1. The number of carbonyl (C=O) groups excluding carboxylic acids is 2. The summed E-state index contributed by atoms with van der Waals surface area (Å²) in [6.07, 6.45) is 0. The molecule has 0 aliphatic carbocycles. The van der Waals surface area contributed by atoms with Gasteiger partial charge < -0.3 is 14.5 Å². The summed E-state index contributed by atoms with van der Waals surface area (Å²) in [5.41, 5.74) is 3.63. The first-order valence-corrected chi connectivity index (χ1v) is 11.4. The predicted molar refractivity (Wildman–Crippen MR) is 129 cm³/mol. The second kappa shape index (κ2) is 10.7. The summed E-state index contributed by atoms with van der Waals surface area (Å²) < 4.78 is 11.0. The molecule has 1 amide bonds. The highest BCUT2D eigenvalue weighted by atomic mass is 32.2. The zero-order valence-electron chi connectivity index (χ0n) is 18.0. The molecule has 1 heterocycles. The fourth-order valence-electron chi connectivity index (χ4n) is 3.17. The molecule has 0 fully saturated rings. The Hall–Kier alpha value is -3.84. The van der Waals surface area contributed by atoms with Crippen LogP contribution in [-0.2, 0) is 9.53 Å². The third kappa shape index (κ3) is 5.70. The summed E-state index contributed by atoms with van der Waals surface area (Å²) in [6, 6.07) is 26.1. The number of esters is 1. The number of amides is 1. The highest BCUT2D eigenvalue weighted by molar-refractivity contribution is 7.99. The van der Waals surface area contributed by atoms with Crippen molar-refractivity contribution < 1.29 is 18.7 Å². The average Bonchev–Trinajstić information content (AvgIpc) is 3.29. The summed E-state index contributed by atoms with van der Waals surface area (Å²) in [4.78, 5) is 28.8. The molecule has 7 heteroatoms. The molecule has 33 heavy (non-hydrogen) atoms. The Morgan fingerprint density at radius 3 is 2.18 bits per heavy atom. The first kappa shape index (κ1) is 22.4. The van der Waals surface area contributed by atoms with Crippen molar-refractivity contribution in [2.45, 2.75) is 12.1 Å². The third-order valence-electron chi connectivity index (χ3n) is 4.70. The van der Waals surface area contributed by atoms with Crippen molar-refractivity contribution in [2.75, 3.05) is 17.7 Å². The number of nitrogens with zero attached hydrogens (tertiary/aromatic N) is 1. The number of benzene rings is 3. The summed E-state index contributed by atoms with van der Waals surface area (Å²) in [6.45, 7) is 2.07. The van der Waals surface area contributed by atoms with E-state index in [0.717, 1.165) is 16.8 Å². The number of rotatable bonds is 8. The maximum Gasteiger partial charge on any atom is 0.338 e. The van der Waals surface area contributed by atoms with Gasteiger partial charge in [-0.25, -0.2) is 9.78 Å².